The fourth-order valence-electron chi connectivity index (χ4n) is 0.124. The molecule has 0 radical (unpaired) electrons. The SMILES string of the molecule is CS/C=C/C(=O)[O-]. The van der Waals surface area contributed by atoms with E-state index in [-0.39, 0.29) is 0 Å². The van der Waals surface area contributed by atoms with Gasteiger partial charge in [0.05, 0.1) is 5.97 Å². The molecule has 7 heavy (non-hydrogen) atoms. The number of hydrogen-bond acceptors (Lipinski definition) is 3. The first kappa shape index (κ1) is 6.56. The molecule has 0 aromatic carbocycles. The van der Waals surface area contributed by atoms with E-state index in [9.17, 15) is 9.90 Å². The second kappa shape index (κ2) is 3.74. The van der Waals surface area contributed by atoms with E-state index in [0.29, 0.717) is 0 Å². The highest BCUT2D eigenvalue weighted by atomic mass is 32.2. The zero-order valence-electron chi connectivity index (χ0n) is 3.88. The second-order valence-electron chi connectivity index (χ2n) is 0.857. The molecule has 0 aromatic heterocycles. The van der Waals surface area contributed by atoms with Crippen molar-refractivity contribution in [1.29, 1.82) is 0 Å². The van der Waals surface area contributed by atoms with Crippen LogP contribution in [0.15, 0.2) is 11.5 Å². The summed E-state index contributed by atoms with van der Waals surface area (Å²) in [6.45, 7) is 0. The Hall–Kier alpha value is -0.440. The Morgan fingerprint density at radius 3 is 2.57 bits per heavy atom. The topological polar surface area (TPSA) is 40.1 Å². The van der Waals surface area contributed by atoms with Crippen LogP contribution in [-0.2, 0) is 4.79 Å². The lowest BCUT2D eigenvalue weighted by Gasteiger charge is -1.85. The first-order valence-electron chi connectivity index (χ1n) is 1.67. The number of aliphatic carboxylic acids is 1. The highest BCUT2D eigenvalue weighted by Crippen LogP contribution is 1.90. The van der Waals surface area contributed by atoms with Gasteiger partial charge in [0.1, 0.15) is 0 Å². The minimum Gasteiger partial charge on any atom is -0.545 e. The Labute approximate surface area is 46.2 Å². The molecule has 0 aliphatic rings. The van der Waals surface area contributed by atoms with Crippen LogP contribution in [0, 0.1) is 0 Å². The summed E-state index contributed by atoms with van der Waals surface area (Å²) >= 11 is 1.33. The summed E-state index contributed by atoms with van der Waals surface area (Å²) in [5.41, 5.74) is 0. The molecule has 0 atom stereocenters. The van der Waals surface area contributed by atoms with Crippen molar-refractivity contribution in [3.05, 3.63) is 11.5 Å². The maximum absolute atomic E-state index is 9.55. The fourth-order valence-corrected chi connectivity index (χ4v) is 0.371. The Kier molecular flexibility index (Phi) is 3.50. The lowest BCUT2D eigenvalue weighted by atomic mass is 10.7. The number of rotatable bonds is 2. The average molecular weight is 117 g/mol. The van der Waals surface area contributed by atoms with Gasteiger partial charge in [-0.2, -0.15) is 0 Å². The molecule has 0 fully saturated rings. The predicted octanol–water partition coefficient (Wildman–Crippen LogP) is -0.387. The van der Waals surface area contributed by atoms with Crippen LogP contribution in [0.4, 0.5) is 0 Å². The minimum absolute atomic E-state index is 0.991. The van der Waals surface area contributed by atoms with E-state index in [1.807, 2.05) is 0 Å². The minimum atomic E-state index is -1.14. The average Bonchev–Trinajstić information content (AvgIpc) is 1.61. The molecule has 0 unspecified atom stereocenters. The first-order valence-corrected chi connectivity index (χ1v) is 2.96. The van der Waals surface area contributed by atoms with Gasteiger partial charge in [0.25, 0.3) is 0 Å². The monoisotopic (exact) mass is 117 g/mol. The second-order valence-corrected chi connectivity index (χ2v) is 1.60. The molecule has 0 saturated heterocycles. The summed E-state index contributed by atoms with van der Waals surface area (Å²) in [6, 6.07) is 0. The molecule has 0 N–H and O–H groups in total. The predicted molar refractivity (Wildman–Crippen MR) is 27.7 cm³/mol. The van der Waals surface area contributed by atoms with Gasteiger partial charge in [-0.25, -0.2) is 0 Å². The van der Waals surface area contributed by atoms with Crippen molar-refractivity contribution < 1.29 is 9.90 Å². The fraction of sp³-hybridized carbons (Fsp3) is 0.250. The Morgan fingerprint density at radius 2 is 2.43 bits per heavy atom. The van der Waals surface area contributed by atoms with Gasteiger partial charge in [0, 0.05) is 0 Å². The van der Waals surface area contributed by atoms with E-state index < -0.39 is 5.97 Å². The van der Waals surface area contributed by atoms with Crippen molar-refractivity contribution in [3.63, 3.8) is 0 Å². The van der Waals surface area contributed by atoms with Crippen LogP contribution in [-0.4, -0.2) is 12.2 Å². The molecule has 0 spiro atoms. The van der Waals surface area contributed by atoms with Crippen molar-refractivity contribution in [1.82, 2.24) is 0 Å². The normalized spacial score (nSPS) is 9.86. The first-order chi connectivity index (χ1) is 3.27. The van der Waals surface area contributed by atoms with E-state index in [2.05, 4.69) is 0 Å². The largest absolute Gasteiger partial charge is 0.545 e. The maximum atomic E-state index is 9.55. The smallest absolute Gasteiger partial charge is 0.0647 e. The molecule has 0 saturated carbocycles. The van der Waals surface area contributed by atoms with Crippen molar-refractivity contribution >= 4 is 17.7 Å². The zero-order valence-corrected chi connectivity index (χ0v) is 4.70. The molecule has 0 heterocycles. The Morgan fingerprint density at radius 1 is 1.86 bits per heavy atom. The summed E-state index contributed by atoms with van der Waals surface area (Å²) in [5, 5.41) is 11.0. The Balaban J connectivity index is 3.26. The molecule has 0 bridgehead atoms. The van der Waals surface area contributed by atoms with E-state index in [1.54, 1.807) is 6.26 Å². The standard InChI is InChI=1S/C4H6O2S/c1-7-3-2-4(5)6/h2-3H,1H3,(H,5,6)/p-1/b3-2+. The number of thioether (sulfide) groups is 1. The van der Waals surface area contributed by atoms with Crippen LogP contribution in [0.2, 0.25) is 0 Å². The molecule has 2 nitrogen and oxygen atoms in total. The van der Waals surface area contributed by atoms with Gasteiger partial charge >= 0.3 is 0 Å². The van der Waals surface area contributed by atoms with Gasteiger partial charge in [-0.3, -0.25) is 0 Å². The molecule has 0 aliphatic heterocycles. The number of carbonyl (C=O) groups excluding carboxylic acids is 1. The van der Waals surface area contributed by atoms with E-state index in [0.717, 1.165) is 6.08 Å². The van der Waals surface area contributed by atoms with Crippen molar-refractivity contribution in [3.8, 4) is 0 Å². The summed E-state index contributed by atoms with van der Waals surface area (Å²) in [7, 11) is 0. The number of hydrogen-bond donors (Lipinski definition) is 0. The van der Waals surface area contributed by atoms with Crippen LogP contribution in [0.1, 0.15) is 0 Å². The van der Waals surface area contributed by atoms with Gasteiger partial charge in [-0.1, -0.05) is 0 Å². The van der Waals surface area contributed by atoms with Crippen LogP contribution >= 0.6 is 11.8 Å². The van der Waals surface area contributed by atoms with Crippen LogP contribution < -0.4 is 5.11 Å². The third-order valence-electron chi connectivity index (χ3n) is 0.340. The van der Waals surface area contributed by atoms with Crippen LogP contribution in [0.5, 0.6) is 0 Å². The van der Waals surface area contributed by atoms with Gasteiger partial charge in [0.2, 0.25) is 0 Å². The zero-order chi connectivity index (χ0) is 5.70. The number of carbonyl (C=O) groups is 1. The highest BCUT2D eigenvalue weighted by molar-refractivity contribution is 8.01. The quantitative estimate of drug-likeness (QED) is 0.462. The Bertz CT molecular complexity index is 87.7. The van der Waals surface area contributed by atoms with Gasteiger partial charge < -0.3 is 9.90 Å². The lowest BCUT2D eigenvalue weighted by molar-refractivity contribution is -0.297. The third-order valence-corrected chi connectivity index (χ3v) is 0.748. The maximum Gasteiger partial charge on any atom is 0.0647 e. The van der Waals surface area contributed by atoms with Crippen molar-refractivity contribution in [2.75, 3.05) is 6.26 Å². The third kappa shape index (κ3) is 5.56. The summed E-state index contributed by atoms with van der Waals surface area (Å²) in [4.78, 5) is 9.55. The van der Waals surface area contributed by atoms with Crippen molar-refractivity contribution in [2.45, 2.75) is 0 Å². The van der Waals surface area contributed by atoms with E-state index >= 15 is 0 Å². The van der Waals surface area contributed by atoms with E-state index in [4.69, 9.17) is 0 Å². The molecule has 0 rings (SSSR count). The molecule has 3 heteroatoms. The highest BCUT2D eigenvalue weighted by Gasteiger charge is 1.66. The molecule has 40 valence electrons. The van der Waals surface area contributed by atoms with E-state index in [1.165, 1.54) is 17.2 Å². The molecule has 0 aliphatic carbocycles. The molecular weight excluding hydrogens is 112 g/mol. The molecule has 0 amide bonds. The number of carboxylic acid groups (broad SMARTS) is 1. The van der Waals surface area contributed by atoms with Crippen LogP contribution in [0.25, 0.3) is 0 Å². The summed E-state index contributed by atoms with van der Waals surface area (Å²) in [6.07, 6.45) is 2.77. The summed E-state index contributed by atoms with van der Waals surface area (Å²) in [5.74, 6) is -1.14. The van der Waals surface area contributed by atoms with Gasteiger partial charge in [0.15, 0.2) is 0 Å². The molecule has 0 aromatic rings. The van der Waals surface area contributed by atoms with Gasteiger partial charge in [-0.15, -0.1) is 11.8 Å². The lowest BCUT2D eigenvalue weighted by Crippen LogP contribution is -2.18. The molecular formula is C4H5O2S-. The summed E-state index contributed by atoms with van der Waals surface area (Å²) < 4.78 is 0. The number of carboxylic acids is 1. The van der Waals surface area contributed by atoms with Crippen LogP contribution in [0.3, 0.4) is 0 Å². The van der Waals surface area contributed by atoms with Gasteiger partial charge in [-0.05, 0) is 17.7 Å². The van der Waals surface area contributed by atoms with Crippen molar-refractivity contribution in [2.24, 2.45) is 0 Å².